The zero-order chi connectivity index (χ0) is 22.9. The lowest BCUT2D eigenvalue weighted by Gasteiger charge is -2.30. The van der Waals surface area contributed by atoms with Gasteiger partial charge in [0.2, 0.25) is 21.8 Å². The number of benzene rings is 2. The molecule has 1 saturated heterocycles. The van der Waals surface area contributed by atoms with Crippen molar-refractivity contribution >= 4 is 56.6 Å². The first-order valence-electron chi connectivity index (χ1n) is 9.66. The summed E-state index contributed by atoms with van der Waals surface area (Å²) >= 11 is 7.02. The quantitative estimate of drug-likeness (QED) is 0.679. The molecule has 170 valence electrons. The predicted molar refractivity (Wildman–Crippen MR) is 119 cm³/mol. The van der Waals surface area contributed by atoms with Crippen LogP contribution in [0.3, 0.4) is 0 Å². The minimum Gasteiger partial charge on any atom is -0.379 e. The highest BCUT2D eigenvalue weighted by atomic mass is 35.5. The van der Waals surface area contributed by atoms with Crippen molar-refractivity contribution in [3.05, 3.63) is 47.2 Å². The molecule has 0 aromatic heterocycles. The average Bonchev–Trinajstić information content (AvgIpc) is 2.78. The Bertz CT molecular complexity index is 1170. The van der Waals surface area contributed by atoms with E-state index < -0.39 is 21.7 Å². The maximum atomic E-state index is 13.3. The number of hydrogen-bond donors (Lipinski definition) is 1. The number of halogens is 2. The van der Waals surface area contributed by atoms with E-state index in [1.165, 1.54) is 45.2 Å². The Balaban J connectivity index is 1.58. The van der Waals surface area contributed by atoms with Crippen molar-refractivity contribution < 1.29 is 27.1 Å². The van der Waals surface area contributed by atoms with E-state index in [0.717, 1.165) is 6.07 Å². The van der Waals surface area contributed by atoms with Gasteiger partial charge in [-0.05, 0) is 36.4 Å². The van der Waals surface area contributed by atoms with Gasteiger partial charge in [0.15, 0.2) is 0 Å². The molecule has 1 N–H and O–H groups in total. The van der Waals surface area contributed by atoms with E-state index in [4.69, 9.17) is 16.3 Å². The number of nitrogens with one attached hydrogen (secondary N) is 1. The van der Waals surface area contributed by atoms with Crippen molar-refractivity contribution in [2.24, 2.45) is 0 Å². The van der Waals surface area contributed by atoms with Crippen LogP contribution in [0.5, 0.6) is 0 Å². The zero-order valence-corrected chi connectivity index (χ0v) is 19.1. The summed E-state index contributed by atoms with van der Waals surface area (Å²) in [6.07, 6.45) is 0. The van der Waals surface area contributed by atoms with E-state index in [2.05, 4.69) is 5.32 Å². The summed E-state index contributed by atoms with van der Waals surface area (Å²) in [4.78, 5) is 27.2. The summed E-state index contributed by atoms with van der Waals surface area (Å²) < 4.78 is 45.9. The number of carbonyl (C=O) groups is 2. The number of amides is 2. The molecule has 2 amide bonds. The van der Waals surface area contributed by atoms with Crippen LogP contribution in [0, 0.1) is 5.82 Å². The predicted octanol–water partition coefficient (Wildman–Crippen LogP) is 2.58. The molecule has 2 aromatic rings. The molecule has 4 rings (SSSR count). The number of sulfonamides is 1. The molecular weight excluding hydrogens is 481 g/mol. The molecule has 2 heterocycles. The first kappa shape index (κ1) is 23.0. The van der Waals surface area contributed by atoms with Crippen molar-refractivity contribution in [3.8, 4) is 0 Å². The number of morpholine rings is 1. The van der Waals surface area contributed by atoms with Crippen LogP contribution in [0.25, 0.3) is 0 Å². The lowest BCUT2D eigenvalue weighted by Crippen LogP contribution is -2.42. The highest BCUT2D eigenvalue weighted by Crippen LogP contribution is 2.37. The van der Waals surface area contributed by atoms with Gasteiger partial charge in [-0.25, -0.2) is 12.8 Å². The molecule has 0 saturated carbocycles. The standard InChI is InChI=1S/C20H19ClFN3O5S2/c21-15-9-13(1-3-16(15)22)23-19(26)11-25-17-10-14(2-4-18(17)31-12-20(25)27)32(28,29)24-5-7-30-8-6-24/h1-4,9-10H,5-8,11-12H2,(H,23,26). The topological polar surface area (TPSA) is 96.0 Å². The van der Waals surface area contributed by atoms with Crippen LogP contribution in [0.1, 0.15) is 0 Å². The first-order chi connectivity index (χ1) is 15.3. The fraction of sp³-hybridized carbons (Fsp3) is 0.300. The lowest BCUT2D eigenvalue weighted by atomic mass is 10.2. The highest BCUT2D eigenvalue weighted by Gasteiger charge is 2.31. The van der Waals surface area contributed by atoms with Crippen LogP contribution >= 0.6 is 23.4 Å². The summed E-state index contributed by atoms with van der Waals surface area (Å²) in [5, 5.41) is 2.43. The monoisotopic (exact) mass is 499 g/mol. The Hall–Kier alpha value is -2.18. The molecule has 0 atom stereocenters. The molecule has 0 bridgehead atoms. The number of carbonyl (C=O) groups excluding carboxylic acids is 2. The minimum atomic E-state index is -3.77. The normalized spacial score (nSPS) is 17.2. The second kappa shape index (κ2) is 9.36. The van der Waals surface area contributed by atoms with E-state index in [9.17, 15) is 22.4 Å². The number of ether oxygens (including phenoxy) is 1. The fourth-order valence-electron chi connectivity index (χ4n) is 3.37. The Labute approximate surface area is 193 Å². The maximum absolute atomic E-state index is 13.3. The third-order valence-electron chi connectivity index (χ3n) is 4.99. The molecule has 0 aliphatic carbocycles. The molecular formula is C20H19ClFN3O5S2. The third kappa shape index (κ3) is 4.76. The number of anilines is 2. The highest BCUT2D eigenvalue weighted by molar-refractivity contribution is 8.00. The van der Waals surface area contributed by atoms with Gasteiger partial charge >= 0.3 is 0 Å². The van der Waals surface area contributed by atoms with E-state index in [1.54, 1.807) is 6.07 Å². The molecule has 0 unspecified atom stereocenters. The molecule has 12 heteroatoms. The molecule has 2 aromatic carbocycles. The average molecular weight is 500 g/mol. The first-order valence-corrected chi connectivity index (χ1v) is 12.5. The van der Waals surface area contributed by atoms with Crippen molar-refractivity contribution in [2.45, 2.75) is 9.79 Å². The van der Waals surface area contributed by atoms with Gasteiger partial charge < -0.3 is 15.0 Å². The number of fused-ring (bicyclic) bond motifs is 1. The van der Waals surface area contributed by atoms with Gasteiger partial charge in [-0.2, -0.15) is 4.31 Å². The molecule has 8 nitrogen and oxygen atoms in total. The fourth-order valence-corrected chi connectivity index (χ4v) is 5.89. The van der Waals surface area contributed by atoms with Gasteiger partial charge in [0.05, 0.1) is 34.6 Å². The van der Waals surface area contributed by atoms with E-state index in [1.807, 2.05) is 0 Å². The zero-order valence-electron chi connectivity index (χ0n) is 16.7. The van der Waals surface area contributed by atoms with Crippen LogP contribution < -0.4 is 10.2 Å². The summed E-state index contributed by atoms with van der Waals surface area (Å²) in [5.41, 5.74) is 0.636. The number of rotatable bonds is 5. The lowest BCUT2D eigenvalue weighted by molar-refractivity contribution is -0.120. The summed E-state index contributed by atoms with van der Waals surface area (Å²) in [6.45, 7) is 0.803. The van der Waals surface area contributed by atoms with Crippen molar-refractivity contribution in [1.29, 1.82) is 0 Å². The number of nitrogens with zero attached hydrogens (tertiary/aromatic N) is 2. The number of hydrogen-bond acceptors (Lipinski definition) is 6. The van der Waals surface area contributed by atoms with Crippen molar-refractivity contribution in [3.63, 3.8) is 0 Å². The molecule has 2 aliphatic heterocycles. The van der Waals surface area contributed by atoms with E-state index >= 15 is 0 Å². The molecule has 0 spiro atoms. The third-order valence-corrected chi connectivity index (χ3v) is 8.22. The van der Waals surface area contributed by atoms with Crippen LogP contribution in [0.15, 0.2) is 46.2 Å². The summed E-state index contributed by atoms with van der Waals surface area (Å²) in [7, 11) is -3.77. The van der Waals surface area contributed by atoms with Crippen molar-refractivity contribution in [2.75, 3.05) is 48.8 Å². The largest absolute Gasteiger partial charge is 0.379 e. The Morgan fingerprint density at radius 1 is 1.19 bits per heavy atom. The Morgan fingerprint density at radius 2 is 1.94 bits per heavy atom. The van der Waals surface area contributed by atoms with Gasteiger partial charge in [0, 0.05) is 23.7 Å². The molecule has 2 aliphatic rings. The van der Waals surface area contributed by atoms with Gasteiger partial charge in [0.1, 0.15) is 12.4 Å². The van der Waals surface area contributed by atoms with Crippen LogP contribution in [0.2, 0.25) is 5.02 Å². The second-order valence-electron chi connectivity index (χ2n) is 7.09. The Kier molecular flexibility index (Phi) is 6.72. The molecule has 0 radical (unpaired) electrons. The van der Waals surface area contributed by atoms with Crippen LogP contribution in [0.4, 0.5) is 15.8 Å². The van der Waals surface area contributed by atoms with E-state index in [-0.39, 0.29) is 46.9 Å². The second-order valence-corrected chi connectivity index (χ2v) is 10.5. The van der Waals surface area contributed by atoms with Gasteiger partial charge in [-0.1, -0.05) is 11.6 Å². The van der Waals surface area contributed by atoms with Crippen molar-refractivity contribution in [1.82, 2.24) is 4.31 Å². The summed E-state index contributed by atoms with van der Waals surface area (Å²) in [6, 6.07) is 8.32. The van der Waals surface area contributed by atoms with Gasteiger partial charge in [-0.15, -0.1) is 11.8 Å². The maximum Gasteiger partial charge on any atom is 0.244 e. The smallest absolute Gasteiger partial charge is 0.244 e. The van der Waals surface area contributed by atoms with Gasteiger partial charge in [-0.3, -0.25) is 9.59 Å². The van der Waals surface area contributed by atoms with Crippen LogP contribution in [-0.4, -0.2) is 63.1 Å². The molecule has 32 heavy (non-hydrogen) atoms. The van der Waals surface area contributed by atoms with E-state index in [0.29, 0.717) is 23.8 Å². The molecule has 1 fully saturated rings. The van der Waals surface area contributed by atoms with Gasteiger partial charge in [0.25, 0.3) is 0 Å². The SMILES string of the molecule is O=C(CN1C(=O)CSc2ccc(S(=O)(=O)N3CCOCC3)cc21)Nc1ccc(F)c(Cl)c1. The number of thioether (sulfide) groups is 1. The van der Waals surface area contributed by atoms with Crippen LogP contribution in [-0.2, 0) is 24.3 Å². The minimum absolute atomic E-state index is 0.0455. The Morgan fingerprint density at radius 3 is 2.66 bits per heavy atom. The summed E-state index contributed by atoms with van der Waals surface area (Å²) in [5.74, 6) is -1.34.